The molecule has 14 heavy (non-hydrogen) atoms. The summed E-state index contributed by atoms with van der Waals surface area (Å²) in [5.41, 5.74) is -0.357. The zero-order chi connectivity index (χ0) is 10.6. The molecule has 0 spiro atoms. The van der Waals surface area contributed by atoms with Gasteiger partial charge in [-0.1, -0.05) is 19.1 Å². The van der Waals surface area contributed by atoms with Crippen molar-refractivity contribution in [2.75, 3.05) is 0 Å². The Balaban J connectivity index is 2.63. The van der Waals surface area contributed by atoms with E-state index in [2.05, 4.69) is 0 Å². The van der Waals surface area contributed by atoms with Crippen molar-refractivity contribution in [3.05, 3.63) is 12.2 Å². The maximum atomic E-state index is 11.0. The Hall–Kier alpha value is -1.12. The van der Waals surface area contributed by atoms with E-state index >= 15 is 0 Å². The maximum Gasteiger partial charge on any atom is 0.303 e. The molecule has 1 N–H and O–H groups in total. The Morgan fingerprint density at radius 2 is 2.43 bits per heavy atom. The number of aldehydes is 1. The van der Waals surface area contributed by atoms with Gasteiger partial charge in [-0.05, 0) is 25.2 Å². The highest BCUT2D eigenvalue weighted by molar-refractivity contribution is 5.67. The van der Waals surface area contributed by atoms with Crippen LogP contribution in [0.5, 0.6) is 0 Å². The van der Waals surface area contributed by atoms with Crippen LogP contribution in [-0.2, 0) is 9.59 Å². The van der Waals surface area contributed by atoms with Crippen molar-refractivity contribution in [3.63, 3.8) is 0 Å². The fourth-order valence-corrected chi connectivity index (χ4v) is 1.91. The molecule has 0 saturated heterocycles. The van der Waals surface area contributed by atoms with Crippen LogP contribution in [0, 0.1) is 11.3 Å². The Bertz CT molecular complexity index is 257. The summed E-state index contributed by atoms with van der Waals surface area (Å²) in [4.78, 5) is 21.4. The van der Waals surface area contributed by atoms with E-state index in [1.807, 2.05) is 19.1 Å². The van der Waals surface area contributed by atoms with Crippen molar-refractivity contribution >= 4 is 12.3 Å². The van der Waals surface area contributed by atoms with Crippen molar-refractivity contribution in [1.82, 2.24) is 0 Å². The van der Waals surface area contributed by atoms with Gasteiger partial charge in [0, 0.05) is 11.8 Å². The third kappa shape index (κ3) is 2.44. The molecule has 0 aliphatic heterocycles. The number of carboxylic acids is 1. The van der Waals surface area contributed by atoms with Crippen molar-refractivity contribution < 1.29 is 14.7 Å². The third-order valence-electron chi connectivity index (χ3n) is 3.00. The minimum Gasteiger partial charge on any atom is -0.481 e. The molecule has 0 aromatic carbocycles. The topological polar surface area (TPSA) is 54.4 Å². The molecule has 0 heterocycles. The van der Waals surface area contributed by atoms with Gasteiger partial charge in [0.05, 0.1) is 0 Å². The average Bonchev–Trinajstić information content (AvgIpc) is 2.16. The molecule has 1 aliphatic carbocycles. The second kappa shape index (κ2) is 4.40. The third-order valence-corrected chi connectivity index (χ3v) is 3.00. The minimum atomic E-state index is -0.794. The lowest BCUT2D eigenvalue weighted by molar-refractivity contribution is -0.137. The molecule has 0 amide bonds. The summed E-state index contributed by atoms with van der Waals surface area (Å²) in [6.07, 6.45) is 7.44. The van der Waals surface area contributed by atoms with Gasteiger partial charge in [0.25, 0.3) is 0 Å². The van der Waals surface area contributed by atoms with E-state index in [1.54, 1.807) is 0 Å². The Morgan fingerprint density at radius 1 is 1.71 bits per heavy atom. The maximum absolute atomic E-state index is 11.0. The molecule has 3 heteroatoms. The van der Waals surface area contributed by atoms with E-state index in [0.717, 1.165) is 19.1 Å². The van der Waals surface area contributed by atoms with Crippen molar-refractivity contribution in [1.29, 1.82) is 0 Å². The van der Waals surface area contributed by atoms with E-state index < -0.39 is 5.97 Å². The number of allylic oxidation sites excluding steroid dienone is 2. The molecular weight excluding hydrogens is 180 g/mol. The molecule has 1 rings (SSSR count). The summed E-state index contributed by atoms with van der Waals surface area (Å²) in [7, 11) is 0. The second-order valence-corrected chi connectivity index (χ2v) is 4.13. The summed E-state index contributed by atoms with van der Waals surface area (Å²) >= 11 is 0. The molecule has 78 valence electrons. The molecule has 2 atom stereocenters. The highest BCUT2D eigenvalue weighted by Crippen LogP contribution is 2.37. The SMILES string of the molecule is CC1(C=O)CCC=CC1CCC(=O)O. The first-order chi connectivity index (χ1) is 6.58. The largest absolute Gasteiger partial charge is 0.481 e. The van der Waals surface area contributed by atoms with Gasteiger partial charge in [-0.25, -0.2) is 0 Å². The number of hydrogen-bond acceptors (Lipinski definition) is 2. The van der Waals surface area contributed by atoms with Gasteiger partial charge in [-0.2, -0.15) is 0 Å². The molecule has 0 aromatic heterocycles. The van der Waals surface area contributed by atoms with Crippen molar-refractivity contribution in [2.45, 2.75) is 32.6 Å². The lowest BCUT2D eigenvalue weighted by Gasteiger charge is -2.33. The first-order valence-corrected chi connectivity index (χ1v) is 4.93. The summed E-state index contributed by atoms with van der Waals surface area (Å²) in [6.45, 7) is 1.91. The first kappa shape index (κ1) is 11.0. The fraction of sp³-hybridized carbons (Fsp3) is 0.636. The number of hydrogen-bond donors (Lipinski definition) is 1. The van der Waals surface area contributed by atoms with Crippen molar-refractivity contribution in [2.24, 2.45) is 11.3 Å². The summed E-state index contributed by atoms with van der Waals surface area (Å²) in [6, 6.07) is 0. The molecule has 1 aliphatic rings. The van der Waals surface area contributed by atoms with Gasteiger partial charge in [-0.15, -0.1) is 0 Å². The Morgan fingerprint density at radius 3 is 3.00 bits per heavy atom. The van der Waals surface area contributed by atoms with Gasteiger partial charge in [0.2, 0.25) is 0 Å². The predicted molar refractivity (Wildman–Crippen MR) is 52.9 cm³/mol. The average molecular weight is 196 g/mol. The molecular formula is C11H16O3. The smallest absolute Gasteiger partial charge is 0.303 e. The predicted octanol–water partition coefficient (Wildman–Crippen LogP) is 2.02. The highest BCUT2D eigenvalue weighted by Gasteiger charge is 2.33. The molecule has 0 saturated carbocycles. The van der Waals surface area contributed by atoms with Gasteiger partial charge in [0.1, 0.15) is 6.29 Å². The lowest BCUT2D eigenvalue weighted by Crippen LogP contribution is -2.30. The van der Waals surface area contributed by atoms with Gasteiger partial charge >= 0.3 is 5.97 Å². The van der Waals surface area contributed by atoms with E-state index in [4.69, 9.17) is 5.11 Å². The van der Waals surface area contributed by atoms with E-state index in [1.165, 1.54) is 0 Å². The highest BCUT2D eigenvalue weighted by atomic mass is 16.4. The molecule has 0 radical (unpaired) electrons. The van der Waals surface area contributed by atoms with Crippen LogP contribution in [0.2, 0.25) is 0 Å². The van der Waals surface area contributed by atoms with Crippen LogP contribution < -0.4 is 0 Å². The zero-order valence-corrected chi connectivity index (χ0v) is 8.40. The van der Waals surface area contributed by atoms with Crippen LogP contribution >= 0.6 is 0 Å². The van der Waals surface area contributed by atoms with Crippen LogP contribution in [0.15, 0.2) is 12.2 Å². The second-order valence-electron chi connectivity index (χ2n) is 4.13. The summed E-state index contributed by atoms with van der Waals surface area (Å²) in [5.74, 6) is -0.706. The Labute approximate surface area is 83.8 Å². The van der Waals surface area contributed by atoms with Crippen LogP contribution in [0.1, 0.15) is 32.6 Å². The van der Waals surface area contributed by atoms with E-state index in [-0.39, 0.29) is 17.8 Å². The van der Waals surface area contributed by atoms with E-state index in [9.17, 15) is 9.59 Å². The number of carboxylic acid groups (broad SMARTS) is 1. The van der Waals surface area contributed by atoms with Gasteiger partial charge in [-0.3, -0.25) is 4.79 Å². The number of carbonyl (C=O) groups is 2. The Kier molecular flexibility index (Phi) is 3.44. The lowest BCUT2D eigenvalue weighted by atomic mass is 9.70. The number of carbonyl (C=O) groups excluding carboxylic acids is 1. The van der Waals surface area contributed by atoms with Crippen LogP contribution in [0.25, 0.3) is 0 Å². The standard InChI is InChI=1S/C11H16O3/c1-11(8-12)7-3-2-4-9(11)5-6-10(13)14/h2,4,8-9H,3,5-7H2,1H3,(H,13,14). The minimum absolute atomic E-state index is 0.0878. The van der Waals surface area contributed by atoms with Crippen molar-refractivity contribution in [3.8, 4) is 0 Å². The van der Waals surface area contributed by atoms with Gasteiger partial charge in [0.15, 0.2) is 0 Å². The number of rotatable bonds is 4. The monoisotopic (exact) mass is 196 g/mol. The molecule has 2 unspecified atom stereocenters. The van der Waals surface area contributed by atoms with E-state index in [0.29, 0.717) is 6.42 Å². The molecule has 0 fully saturated rings. The van der Waals surface area contributed by atoms with Crippen LogP contribution in [0.4, 0.5) is 0 Å². The van der Waals surface area contributed by atoms with Crippen LogP contribution in [-0.4, -0.2) is 17.4 Å². The van der Waals surface area contributed by atoms with Crippen LogP contribution in [0.3, 0.4) is 0 Å². The zero-order valence-electron chi connectivity index (χ0n) is 8.40. The number of aliphatic carboxylic acids is 1. The quantitative estimate of drug-likeness (QED) is 0.553. The summed E-state index contributed by atoms with van der Waals surface area (Å²) < 4.78 is 0. The normalized spacial score (nSPS) is 31.4. The fourth-order valence-electron chi connectivity index (χ4n) is 1.91. The molecule has 3 nitrogen and oxygen atoms in total. The molecule has 0 bridgehead atoms. The summed E-state index contributed by atoms with van der Waals surface area (Å²) in [5, 5.41) is 8.57. The first-order valence-electron chi connectivity index (χ1n) is 4.93. The van der Waals surface area contributed by atoms with Gasteiger partial charge < -0.3 is 9.90 Å². The molecule has 0 aromatic rings.